The summed E-state index contributed by atoms with van der Waals surface area (Å²) >= 11 is 1.58. The van der Waals surface area contributed by atoms with E-state index in [1.54, 1.807) is 56.6 Å². The van der Waals surface area contributed by atoms with Gasteiger partial charge in [-0.2, -0.15) is 0 Å². The van der Waals surface area contributed by atoms with Crippen molar-refractivity contribution in [2.24, 2.45) is 5.92 Å². The molecule has 0 saturated carbocycles. The van der Waals surface area contributed by atoms with Gasteiger partial charge in [0.2, 0.25) is 0 Å². The predicted octanol–water partition coefficient (Wildman–Crippen LogP) is 5.16. The standard InChI is InChI=1S/C26H23FN4O3S/c1-30(2)26(33)24-23(25(32)16-14-31(35-15-16)18-4-3-11-28-13-18)21-10-9-20(12-22(21)29-24)34-19-7-5-17(27)6-8-19/h3-13,16,29H,14-15H2,1-2H3. The third-order valence-corrected chi connectivity index (χ3v) is 7.03. The van der Waals surface area contributed by atoms with Gasteiger partial charge in [-0.25, -0.2) is 4.39 Å². The number of ketones is 1. The van der Waals surface area contributed by atoms with Crippen LogP contribution in [0.25, 0.3) is 10.9 Å². The van der Waals surface area contributed by atoms with Crippen LogP contribution in [0.1, 0.15) is 20.8 Å². The van der Waals surface area contributed by atoms with Crippen LogP contribution in [0.3, 0.4) is 0 Å². The zero-order valence-corrected chi connectivity index (χ0v) is 20.0. The summed E-state index contributed by atoms with van der Waals surface area (Å²) in [5, 5.41) is 0.663. The van der Waals surface area contributed by atoms with Gasteiger partial charge in [-0.1, -0.05) is 0 Å². The SMILES string of the molecule is CN(C)C(=O)c1[nH]c2cc(Oc3ccc(F)cc3)ccc2c1C(=O)C1CSN(c2cccnc2)C1. The molecule has 3 heterocycles. The van der Waals surface area contributed by atoms with Crippen molar-refractivity contribution in [3.05, 3.63) is 84.1 Å². The Morgan fingerprint density at radius 1 is 1.14 bits per heavy atom. The Labute approximate surface area is 206 Å². The van der Waals surface area contributed by atoms with Crippen LogP contribution in [0.4, 0.5) is 10.1 Å². The lowest BCUT2D eigenvalue weighted by Gasteiger charge is -2.16. The number of amides is 1. The van der Waals surface area contributed by atoms with E-state index in [2.05, 4.69) is 14.3 Å². The number of aromatic nitrogens is 2. The Morgan fingerprint density at radius 2 is 1.91 bits per heavy atom. The summed E-state index contributed by atoms with van der Waals surface area (Å²) in [4.78, 5) is 35.5. The number of aromatic amines is 1. The lowest BCUT2D eigenvalue weighted by atomic mass is 9.96. The maximum atomic E-state index is 13.7. The molecule has 1 unspecified atom stereocenters. The zero-order valence-electron chi connectivity index (χ0n) is 19.2. The summed E-state index contributed by atoms with van der Waals surface area (Å²) < 4.78 is 21.1. The van der Waals surface area contributed by atoms with Gasteiger partial charge < -0.3 is 18.9 Å². The Bertz CT molecular complexity index is 1390. The van der Waals surface area contributed by atoms with E-state index in [4.69, 9.17) is 4.74 Å². The molecule has 4 aromatic rings. The molecule has 35 heavy (non-hydrogen) atoms. The lowest BCUT2D eigenvalue weighted by molar-refractivity contribution is 0.0813. The highest BCUT2D eigenvalue weighted by atomic mass is 32.2. The molecule has 2 aromatic carbocycles. The highest BCUT2D eigenvalue weighted by Crippen LogP contribution is 2.36. The molecular formula is C26H23FN4O3S. The van der Waals surface area contributed by atoms with Crippen molar-refractivity contribution in [1.29, 1.82) is 0 Å². The number of halogens is 1. The largest absolute Gasteiger partial charge is 0.457 e. The molecule has 1 N–H and O–H groups in total. The van der Waals surface area contributed by atoms with E-state index >= 15 is 0 Å². The molecule has 1 atom stereocenters. The number of benzene rings is 2. The second-order valence-electron chi connectivity index (χ2n) is 8.47. The Morgan fingerprint density at radius 3 is 2.63 bits per heavy atom. The van der Waals surface area contributed by atoms with E-state index in [9.17, 15) is 14.0 Å². The summed E-state index contributed by atoms with van der Waals surface area (Å²) in [6.45, 7) is 0.531. The number of nitrogens with one attached hydrogen (secondary N) is 1. The average molecular weight is 491 g/mol. The van der Waals surface area contributed by atoms with Gasteiger partial charge in [-0.15, -0.1) is 0 Å². The predicted molar refractivity (Wildman–Crippen MR) is 135 cm³/mol. The van der Waals surface area contributed by atoms with E-state index in [1.165, 1.54) is 29.2 Å². The number of H-pyrrole nitrogens is 1. The molecule has 5 rings (SSSR count). The monoisotopic (exact) mass is 490 g/mol. The fourth-order valence-corrected chi connectivity index (χ4v) is 5.21. The fraction of sp³-hybridized carbons (Fsp3) is 0.192. The minimum atomic E-state index is -0.348. The van der Waals surface area contributed by atoms with E-state index in [0.717, 1.165) is 5.69 Å². The van der Waals surface area contributed by atoms with Crippen LogP contribution in [0.5, 0.6) is 11.5 Å². The van der Waals surface area contributed by atoms with Crippen molar-refractivity contribution in [2.75, 3.05) is 30.7 Å². The van der Waals surface area contributed by atoms with Gasteiger partial charge in [0.15, 0.2) is 5.78 Å². The summed E-state index contributed by atoms with van der Waals surface area (Å²) in [5.41, 5.74) is 2.22. The van der Waals surface area contributed by atoms with Crippen LogP contribution in [0.15, 0.2) is 67.0 Å². The number of hydrogen-bond acceptors (Lipinski definition) is 6. The van der Waals surface area contributed by atoms with Crippen LogP contribution in [0.2, 0.25) is 0 Å². The first-order valence-corrected chi connectivity index (χ1v) is 12.0. The number of rotatable bonds is 6. The van der Waals surface area contributed by atoms with Crippen LogP contribution in [0, 0.1) is 11.7 Å². The first kappa shape index (κ1) is 22.9. The van der Waals surface area contributed by atoms with Gasteiger partial charge in [0.25, 0.3) is 5.91 Å². The molecule has 1 amide bonds. The molecular weight excluding hydrogens is 467 g/mol. The topological polar surface area (TPSA) is 78.5 Å². The first-order chi connectivity index (χ1) is 16.9. The average Bonchev–Trinajstić information content (AvgIpc) is 3.50. The molecule has 178 valence electrons. The summed E-state index contributed by atoms with van der Waals surface area (Å²) in [6, 6.07) is 14.8. The van der Waals surface area contributed by atoms with Gasteiger partial charge >= 0.3 is 0 Å². The number of nitrogens with zero attached hydrogens (tertiary/aromatic N) is 3. The molecule has 1 saturated heterocycles. The fourth-order valence-electron chi connectivity index (χ4n) is 4.05. The number of anilines is 1. The third kappa shape index (κ3) is 4.59. The first-order valence-electron chi connectivity index (χ1n) is 11.1. The molecule has 0 spiro atoms. The molecule has 1 aliphatic heterocycles. The van der Waals surface area contributed by atoms with Crippen LogP contribution in [-0.2, 0) is 0 Å². The van der Waals surface area contributed by atoms with Crippen molar-refractivity contribution in [3.63, 3.8) is 0 Å². The number of pyridine rings is 1. The Hall–Kier alpha value is -3.85. The van der Waals surface area contributed by atoms with Crippen LogP contribution < -0.4 is 9.04 Å². The van der Waals surface area contributed by atoms with Crippen molar-refractivity contribution >= 4 is 40.2 Å². The number of carbonyl (C=O) groups is 2. The molecule has 0 aliphatic carbocycles. The molecule has 0 radical (unpaired) electrons. The smallest absolute Gasteiger partial charge is 0.270 e. The van der Waals surface area contributed by atoms with Gasteiger partial charge in [0, 0.05) is 44.0 Å². The number of hydrogen-bond donors (Lipinski definition) is 1. The second kappa shape index (κ2) is 9.42. The van der Waals surface area contributed by atoms with Crippen molar-refractivity contribution in [3.8, 4) is 11.5 Å². The normalized spacial score (nSPS) is 15.4. The van der Waals surface area contributed by atoms with Crippen LogP contribution >= 0.6 is 11.9 Å². The molecule has 9 heteroatoms. The Balaban J connectivity index is 1.48. The van der Waals surface area contributed by atoms with Crippen molar-refractivity contribution in [1.82, 2.24) is 14.9 Å². The van der Waals surface area contributed by atoms with E-state index < -0.39 is 0 Å². The van der Waals surface area contributed by atoms with Crippen molar-refractivity contribution < 1.29 is 18.7 Å². The minimum absolute atomic E-state index is 0.0763. The van der Waals surface area contributed by atoms with Gasteiger partial charge in [0.1, 0.15) is 23.0 Å². The summed E-state index contributed by atoms with van der Waals surface area (Å²) in [5.74, 6) is 0.626. The molecule has 7 nitrogen and oxygen atoms in total. The maximum Gasteiger partial charge on any atom is 0.270 e. The third-order valence-electron chi connectivity index (χ3n) is 5.81. The van der Waals surface area contributed by atoms with Gasteiger partial charge in [0.05, 0.1) is 28.9 Å². The number of Topliss-reactive ketones (excluding diaryl/α,β-unsaturated/α-hetero) is 1. The van der Waals surface area contributed by atoms with Crippen LogP contribution in [-0.4, -0.2) is 53.0 Å². The van der Waals surface area contributed by atoms with Gasteiger partial charge in [-0.05, 0) is 60.5 Å². The van der Waals surface area contributed by atoms with Gasteiger partial charge in [-0.3, -0.25) is 14.6 Å². The highest BCUT2D eigenvalue weighted by Gasteiger charge is 2.34. The lowest BCUT2D eigenvalue weighted by Crippen LogP contribution is -2.27. The molecule has 1 aliphatic rings. The summed E-state index contributed by atoms with van der Waals surface area (Å²) in [6.07, 6.45) is 3.49. The highest BCUT2D eigenvalue weighted by molar-refractivity contribution is 8.00. The Kier molecular flexibility index (Phi) is 6.17. The number of fused-ring (bicyclic) bond motifs is 1. The quantitative estimate of drug-likeness (QED) is 0.297. The van der Waals surface area contributed by atoms with E-state index in [0.29, 0.717) is 40.3 Å². The second-order valence-corrected chi connectivity index (χ2v) is 9.50. The minimum Gasteiger partial charge on any atom is -0.457 e. The van der Waals surface area contributed by atoms with E-state index in [1.807, 2.05) is 12.1 Å². The maximum absolute atomic E-state index is 13.7. The molecule has 2 aromatic heterocycles. The summed E-state index contributed by atoms with van der Waals surface area (Å²) in [7, 11) is 3.31. The molecule has 1 fully saturated rings. The molecule has 0 bridgehead atoms. The van der Waals surface area contributed by atoms with Crippen molar-refractivity contribution in [2.45, 2.75) is 0 Å². The number of ether oxygens (including phenoxy) is 1. The van der Waals surface area contributed by atoms with E-state index in [-0.39, 0.29) is 29.1 Å². The zero-order chi connectivity index (χ0) is 24.5. The number of carbonyl (C=O) groups excluding carboxylic acids is 2.